The molecule has 0 spiro atoms. The van der Waals surface area contributed by atoms with E-state index in [1.165, 1.54) is 12.1 Å². The fourth-order valence-electron chi connectivity index (χ4n) is 4.02. The van der Waals surface area contributed by atoms with Crippen molar-refractivity contribution in [2.24, 2.45) is 0 Å². The molecule has 1 saturated carbocycles. The van der Waals surface area contributed by atoms with E-state index in [1.54, 1.807) is 30.3 Å². The van der Waals surface area contributed by atoms with Crippen LogP contribution in [0, 0.1) is 0 Å². The highest BCUT2D eigenvalue weighted by molar-refractivity contribution is 6.42. The highest BCUT2D eigenvalue weighted by Crippen LogP contribution is 2.41. The van der Waals surface area contributed by atoms with Crippen LogP contribution in [0.5, 0.6) is 0 Å². The predicted octanol–water partition coefficient (Wildman–Crippen LogP) is 4.64. The number of anilines is 2. The van der Waals surface area contributed by atoms with Crippen LogP contribution in [0.2, 0.25) is 10.0 Å². The Labute approximate surface area is 178 Å². The van der Waals surface area contributed by atoms with Crippen molar-refractivity contribution in [3.8, 4) is 0 Å². The van der Waals surface area contributed by atoms with E-state index in [9.17, 15) is 14.7 Å². The summed E-state index contributed by atoms with van der Waals surface area (Å²) in [6.07, 6.45) is 4.88. The van der Waals surface area contributed by atoms with Gasteiger partial charge >= 0.3 is 6.03 Å². The van der Waals surface area contributed by atoms with Gasteiger partial charge in [-0.2, -0.15) is 0 Å². The number of nitrogens with zero attached hydrogens (tertiary/aromatic N) is 1. The molecule has 0 radical (unpaired) electrons. The molecule has 0 bridgehead atoms. The highest BCUT2D eigenvalue weighted by Gasteiger charge is 2.52. The minimum atomic E-state index is -2.23. The zero-order valence-corrected chi connectivity index (χ0v) is 17.1. The molecule has 1 aliphatic carbocycles. The standard InChI is InChI=1S/C21H21Cl2N3O3/c22-16-11-10-14(12-17(16)23)26-20(28)25-18-9-5-4-8-15(18)21(26,29)19(27)24-13-6-2-1-3-7-13/h4-5,8-13,29H,1-3,6-7H2,(H,24,27)(H,25,28). The van der Waals surface area contributed by atoms with Gasteiger partial charge in [-0.25, -0.2) is 4.79 Å². The number of para-hydroxylation sites is 1. The first kappa shape index (κ1) is 20.0. The van der Waals surface area contributed by atoms with Crippen molar-refractivity contribution in [2.75, 3.05) is 10.2 Å². The highest BCUT2D eigenvalue weighted by atomic mass is 35.5. The maximum Gasteiger partial charge on any atom is 0.329 e. The fraction of sp³-hybridized carbons (Fsp3) is 0.333. The average molecular weight is 434 g/mol. The number of rotatable bonds is 3. The summed E-state index contributed by atoms with van der Waals surface area (Å²) >= 11 is 12.1. The van der Waals surface area contributed by atoms with Gasteiger partial charge in [0.15, 0.2) is 0 Å². The number of carbonyl (C=O) groups is 2. The minimum Gasteiger partial charge on any atom is -0.359 e. The monoisotopic (exact) mass is 433 g/mol. The summed E-state index contributed by atoms with van der Waals surface area (Å²) in [5.74, 6) is -0.641. The second-order valence-electron chi connectivity index (χ2n) is 7.39. The summed E-state index contributed by atoms with van der Waals surface area (Å²) in [5, 5.41) is 17.9. The van der Waals surface area contributed by atoms with Crippen LogP contribution in [0.1, 0.15) is 37.7 Å². The molecule has 0 saturated heterocycles. The summed E-state index contributed by atoms with van der Waals surface area (Å²) in [7, 11) is 0. The first-order valence-electron chi connectivity index (χ1n) is 9.60. The number of benzene rings is 2. The zero-order valence-electron chi connectivity index (χ0n) is 15.6. The smallest absolute Gasteiger partial charge is 0.329 e. The summed E-state index contributed by atoms with van der Waals surface area (Å²) in [6.45, 7) is 0. The van der Waals surface area contributed by atoms with E-state index in [1.807, 2.05) is 0 Å². The van der Waals surface area contributed by atoms with Crippen LogP contribution in [0.25, 0.3) is 0 Å². The molecule has 1 unspecified atom stereocenters. The Morgan fingerprint density at radius 2 is 1.83 bits per heavy atom. The molecule has 1 fully saturated rings. The molecule has 2 aromatic rings. The van der Waals surface area contributed by atoms with Crippen molar-refractivity contribution >= 4 is 46.5 Å². The van der Waals surface area contributed by atoms with Crippen LogP contribution in [-0.4, -0.2) is 23.1 Å². The molecule has 2 aromatic carbocycles. The molecule has 0 aromatic heterocycles. The molecule has 152 valence electrons. The third-order valence-corrected chi connectivity index (χ3v) is 6.23. The molecule has 1 heterocycles. The summed E-state index contributed by atoms with van der Waals surface area (Å²) in [5.41, 5.74) is -1.30. The van der Waals surface area contributed by atoms with Crippen LogP contribution >= 0.6 is 23.2 Å². The van der Waals surface area contributed by atoms with Gasteiger partial charge < -0.3 is 15.7 Å². The van der Waals surface area contributed by atoms with E-state index >= 15 is 0 Å². The van der Waals surface area contributed by atoms with Crippen LogP contribution in [-0.2, 0) is 10.5 Å². The van der Waals surface area contributed by atoms with E-state index in [2.05, 4.69) is 10.6 Å². The van der Waals surface area contributed by atoms with Gasteiger partial charge in [0.25, 0.3) is 11.6 Å². The second-order valence-corrected chi connectivity index (χ2v) is 8.20. The van der Waals surface area contributed by atoms with Gasteiger partial charge in [-0.3, -0.25) is 9.69 Å². The molecular weight excluding hydrogens is 413 g/mol. The minimum absolute atomic E-state index is 0.0342. The largest absolute Gasteiger partial charge is 0.359 e. The summed E-state index contributed by atoms with van der Waals surface area (Å²) in [4.78, 5) is 27.4. The molecular formula is C21H21Cl2N3O3. The summed E-state index contributed by atoms with van der Waals surface area (Å²) < 4.78 is 0. The number of aliphatic hydroxyl groups is 1. The van der Waals surface area contributed by atoms with Crippen molar-refractivity contribution < 1.29 is 14.7 Å². The van der Waals surface area contributed by atoms with Gasteiger partial charge in [-0.15, -0.1) is 0 Å². The molecule has 6 nitrogen and oxygen atoms in total. The molecule has 1 aliphatic heterocycles. The number of fused-ring (bicyclic) bond motifs is 1. The van der Waals surface area contributed by atoms with Crippen molar-refractivity contribution in [3.05, 3.63) is 58.1 Å². The molecule has 2 aliphatic rings. The van der Waals surface area contributed by atoms with Crippen molar-refractivity contribution in [2.45, 2.75) is 43.9 Å². The van der Waals surface area contributed by atoms with E-state index in [-0.39, 0.29) is 16.8 Å². The van der Waals surface area contributed by atoms with E-state index in [4.69, 9.17) is 23.2 Å². The number of urea groups is 1. The van der Waals surface area contributed by atoms with Gasteiger partial charge in [-0.1, -0.05) is 60.7 Å². The number of nitrogens with one attached hydrogen (secondary N) is 2. The molecule has 3 N–H and O–H groups in total. The van der Waals surface area contributed by atoms with Gasteiger partial charge in [-0.05, 0) is 37.1 Å². The van der Waals surface area contributed by atoms with Gasteiger partial charge in [0.2, 0.25) is 0 Å². The predicted molar refractivity (Wildman–Crippen MR) is 113 cm³/mol. The lowest BCUT2D eigenvalue weighted by atomic mass is 9.92. The molecule has 3 amide bonds. The zero-order chi connectivity index (χ0) is 20.6. The molecule has 29 heavy (non-hydrogen) atoms. The molecule has 4 rings (SSSR count). The first-order chi connectivity index (χ1) is 13.9. The Balaban J connectivity index is 1.80. The van der Waals surface area contributed by atoms with Crippen molar-refractivity contribution in [3.63, 3.8) is 0 Å². The van der Waals surface area contributed by atoms with E-state index < -0.39 is 17.7 Å². The molecule has 1 atom stereocenters. The fourth-order valence-corrected chi connectivity index (χ4v) is 4.31. The van der Waals surface area contributed by atoms with Gasteiger partial charge in [0, 0.05) is 11.6 Å². The topological polar surface area (TPSA) is 81.7 Å². The van der Waals surface area contributed by atoms with Gasteiger partial charge in [0.05, 0.1) is 21.4 Å². The lowest BCUT2D eigenvalue weighted by Crippen LogP contribution is -2.63. The second kappa shape index (κ2) is 7.86. The maximum atomic E-state index is 13.4. The van der Waals surface area contributed by atoms with Crippen LogP contribution in [0.4, 0.5) is 16.2 Å². The van der Waals surface area contributed by atoms with Crippen LogP contribution < -0.4 is 15.5 Å². The lowest BCUT2D eigenvalue weighted by Gasteiger charge is -2.43. The number of amides is 3. The Hall–Kier alpha value is -2.28. The number of carbonyl (C=O) groups excluding carboxylic acids is 2. The van der Waals surface area contributed by atoms with Crippen LogP contribution in [0.15, 0.2) is 42.5 Å². The van der Waals surface area contributed by atoms with Crippen LogP contribution in [0.3, 0.4) is 0 Å². The normalized spacial score (nSPS) is 22.0. The van der Waals surface area contributed by atoms with Crippen molar-refractivity contribution in [1.82, 2.24) is 5.32 Å². The third-order valence-electron chi connectivity index (χ3n) is 5.49. The third kappa shape index (κ3) is 3.56. The average Bonchev–Trinajstić information content (AvgIpc) is 2.71. The SMILES string of the molecule is O=C1Nc2ccccc2C(O)(C(=O)NC2CCCCC2)N1c1ccc(Cl)c(Cl)c1. The lowest BCUT2D eigenvalue weighted by molar-refractivity contribution is -0.141. The number of hydrogen-bond donors (Lipinski definition) is 3. The Kier molecular flexibility index (Phi) is 5.42. The van der Waals surface area contributed by atoms with Gasteiger partial charge in [0.1, 0.15) is 0 Å². The van der Waals surface area contributed by atoms with Crippen molar-refractivity contribution in [1.29, 1.82) is 0 Å². The Bertz CT molecular complexity index is 962. The quantitative estimate of drug-likeness (QED) is 0.659. The Morgan fingerprint density at radius 3 is 2.55 bits per heavy atom. The molecule has 8 heteroatoms. The number of halogens is 2. The maximum absolute atomic E-state index is 13.4. The number of hydrogen-bond acceptors (Lipinski definition) is 3. The summed E-state index contributed by atoms with van der Waals surface area (Å²) in [6, 6.07) is 10.6. The van der Waals surface area contributed by atoms with E-state index in [0.29, 0.717) is 16.3 Å². The Morgan fingerprint density at radius 1 is 1.10 bits per heavy atom. The first-order valence-corrected chi connectivity index (χ1v) is 10.4. The van der Waals surface area contributed by atoms with E-state index in [0.717, 1.165) is 37.0 Å².